The van der Waals surface area contributed by atoms with E-state index >= 15 is 0 Å². The molecule has 0 aromatic carbocycles. The third kappa shape index (κ3) is 7.65. The maximum atomic E-state index is 6.27. The third-order valence-corrected chi connectivity index (χ3v) is 5.07. The molecule has 1 rings (SSSR count). The van der Waals surface area contributed by atoms with Gasteiger partial charge in [-0.1, -0.05) is 34.1 Å². The van der Waals surface area contributed by atoms with Crippen molar-refractivity contribution < 1.29 is 4.74 Å². The molecular formula is C19H39NO. The fourth-order valence-electron chi connectivity index (χ4n) is 3.59. The fourth-order valence-corrected chi connectivity index (χ4v) is 3.59. The number of hydrogen-bond acceptors (Lipinski definition) is 2. The summed E-state index contributed by atoms with van der Waals surface area (Å²) in [6.45, 7) is 13.7. The topological polar surface area (TPSA) is 21.3 Å². The van der Waals surface area contributed by atoms with E-state index in [0.29, 0.717) is 12.1 Å². The molecule has 0 amide bonds. The van der Waals surface area contributed by atoms with Gasteiger partial charge >= 0.3 is 0 Å². The molecule has 1 fully saturated rings. The highest BCUT2D eigenvalue weighted by molar-refractivity contribution is 4.81. The normalized spacial score (nSPS) is 28.0. The maximum Gasteiger partial charge on any atom is 0.0608 e. The molecule has 1 saturated carbocycles. The van der Waals surface area contributed by atoms with Crippen LogP contribution in [-0.4, -0.2) is 25.3 Å². The third-order valence-electron chi connectivity index (χ3n) is 5.07. The first kappa shape index (κ1) is 19.0. The molecular weight excluding hydrogens is 258 g/mol. The Labute approximate surface area is 133 Å². The first-order valence-electron chi connectivity index (χ1n) is 9.39. The summed E-state index contributed by atoms with van der Waals surface area (Å²) >= 11 is 0. The van der Waals surface area contributed by atoms with Crippen LogP contribution in [0, 0.1) is 17.8 Å². The highest BCUT2D eigenvalue weighted by Crippen LogP contribution is 2.35. The molecule has 0 radical (unpaired) electrons. The van der Waals surface area contributed by atoms with Gasteiger partial charge in [-0.2, -0.15) is 0 Å². The van der Waals surface area contributed by atoms with Crippen LogP contribution in [0.1, 0.15) is 79.6 Å². The number of hydrogen-bond donors (Lipinski definition) is 1. The van der Waals surface area contributed by atoms with Crippen LogP contribution in [-0.2, 0) is 4.74 Å². The molecule has 1 aliphatic rings. The van der Waals surface area contributed by atoms with Gasteiger partial charge in [-0.05, 0) is 69.7 Å². The minimum Gasteiger partial charge on any atom is -0.378 e. The van der Waals surface area contributed by atoms with Gasteiger partial charge in [0.1, 0.15) is 0 Å². The molecule has 1 aliphatic carbocycles. The van der Waals surface area contributed by atoms with Crippen molar-refractivity contribution in [3.63, 3.8) is 0 Å². The second kappa shape index (κ2) is 10.6. The second-order valence-electron chi connectivity index (χ2n) is 7.59. The zero-order valence-corrected chi connectivity index (χ0v) is 15.2. The Morgan fingerprint density at radius 2 is 1.90 bits per heavy atom. The van der Waals surface area contributed by atoms with Crippen LogP contribution in [0.25, 0.3) is 0 Å². The molecule has 0 spiro atoms. The van der Waals surface area contributed by atoms with Crippen molar-refractivity contribution in [1.82, 2.24) is 5.32 Å². The Morgan fingerprint density at radius 1 is 1.14 bits per heavy atom. The number of unbranched alkanes of at least 4 members (excludes halogenated alkanes) is 1. The van der Waals surface area contributed by atoms with Crippen LogP contribution >= 0.6 is 0 Å². The van der Waals surface area contributed by atoms with Crippen LogP contribution < -0.4 is 5.32 Å². The van der Waals surface area contributed by atoms with E-state index in [2.05, 4.69) is 39.9 Å². The van der Waals surface area contributed by atoms with Gasteiger partial charge in [-0.25, -0.2) is 0 Å². The maximum absolute atomic E-state index is 6.27. The molecule has 0 aromatic heterocycles. The lowest BCUT2D eigenvalue weighted by molar-refractivity contribution is -0.0395. The van der Waals surface area contributed by atoms with Crippen molar-refractivity contribution >= 4 is 0 Å². The molecule has 0 aromatic rings. The molecule has 0 bridgehead atoms. The van der Waals surface area contributed by atoms with E-state index < -0.39 is 0 Å². The van der Waals surface area contributed by atoms with Crippen LogP contribution in [0.15, 0.2) is 0 Å². The van der Waals surface area contributed by atoms with Crippen LogP contribution in [0.2, 0.25) is 0 Å². The SMILES string of the molecule is CCCNC(C)CCCCOC1CC(C)CCC1C(C)C. The van der Waals surface area contributed by atoms with Crippen molar-refractivity contribution in [2.75, 3.05) is 13.2 Å². The van der Waals surface area contributed by atoms with Gasteiger partial charge in [0.2, 0.25) is 0 Å². The monoisotopic (exact) mass is 297 g/mol. The predicted molar refractivity (Wildman–Crippen MR) is 92.7 cm³/mol. The first-order chi connectivity index (χ1) is 10.0. The van der Waals surface area contributed by atoms with Crippen LogP contribution in [0.3, 0.4) is 0 Å². The van der Waals surface area contributed by atoms with E-state index in [-0.39, 0.29) is 0 Å². The van der Waals surface area contributed by atoms with E-state index in [0.717, 1.165) is 30.9 Å². The van der Waals surface area contributed by atoms with Gasteiger partial charge in [-0.15, -0.1) is 0 Å². The lowest BCUT2D eigenvalue weighted by Gasteiger charge is -2.37. The minimum atomic E-state index is 0.518. The summed E-state index contributed by atoms with van der Waals surface area (Å²) < 4.78 is 6.27. The average molecular weight is 298 g/mol. The molecule has 0 heterocycles. The Bertz CT molecular complexity index is 254. The zero-order chi connectivity index (χ0) is 15.7. The Balaban J connectivity index is 2.15. The van der Waals surface area contributed by atoms with Crippen molar-refractivity contribution in [3.05, 3.63) is 0 Å². The summed E-state index contributed by atoms with van der Waals surface area (Å²) in [7, 11) is 0. The standard InChI is InChI=1S/C19H39NO/c1-6-12-20-17(5)9-7-8-13-21-19-14-16(4)10-11-18(19)15(2)3/h15-20H,6-14H2,1-5H3. The summed E-state index contributed by atoms with van der Waals surface area (Å²) in [4.78, 5) is 0. The summed E-state index contributed by atoms with van der Waals surface area (Å²) in [5, 5.41) is 3.56. The van der Waals surface area contributed by atoms with Gasteiger partial charge in [0.25, 0.3) is 0 Å². The molecule has 1 N–H and O–H groups in total. The highest BCUT2D eigenvalue weighted by Gasteiger charge is 2.31. The van der Waals surface area contributed by atoms with E-state index in [1.165, 1.54) is 44.9 Å². The van der Waals surface area contributed by atoms with Gasteiger partial charge in [0.15, 0.2) is 0 Å². The first-order valence-corrected chi connectivity index (χ1v) is 9.39. The quantitative estimate of drug-likeness (QED) is 0.571. The van der Waals surface area contributed by atoms with Crippen molar-refractivity contribution in [1.29, 1.82) is 0 Å². The van der Waals surface area contributed by atoms with Crippen molar-refractivity contribution in [2.45, 2.75) is 91.7 Å². The molecule has 0 aliphatic heterocycles. The summed E-state index contributed by atoms with van der Waals surface area (Å²) in [6.07, 6.45) is 9.55. The van der Waals surface area contributed by atoms with Crippen LogP contribution in [0.4, 0.5) is 0 Å². The molecule has 0 saturated heterocycles. The Hall–Kier alpha value is -0.0800. The van der Waals surface area contributed by atoms with Crippen LogP contribution in [0.5, 0.6) is 0 Å². The number of ether oxygens (including phenoxy) is 1. The molecule has 21 heavy (non-hydrogen) atoms. The smallest absolute Gasteiger partial charge is 0.0608 e. The van der Waals surface area contributed by atoms with Crippen molar-refractivity contribution in [2.24, 2.45) is 17.8 Å². The van der Waals surface area contributed by atoms with E-state index in [4.69, 9.17) is 4.74 Å². The Kier molecular flexibility index (Phi) is 9.59. The zero-order valence-electron chi connectivity index (χ0n) is 15.2. The molecule has 126 valence electrons. The molecule has 2 heteroatoms. The second-order valence-corrected chi connectivity index (χ2v) is 7.59. The highest BCUT2D eigenvalue weighted by atomic mass is 16.5. The summed E-state index contributed by atoms with van der Waals surface area (Å²) in [6, 6.07) is 0.656. The van der Waals surface area contributed by atoms with E-state index in [9.17, 15) is 0 Å². The van der Waals surface area contributed by atoms with Gasteiger partial charge in [0, 0.05) is 12.6 Å². The molecule has 2 nitrogen and oxygen atoms in total. The minimum absolute atomic E-state index is 0.518. The number of rotatable bonds is 10. The Morgan fingerprint density at radius 3 is 2.57 bits per heavy atom. The average Bonchev–Trinajstić information content (AvgIpc) is 2.44. The lowest BCUT2D eigenvalue weighted by atomic mass is 9.75. The molecule has 4 unspecified atom stereocenters. The number of nitrogens with one attached hydrogen (secondary N) is 1. The van der Waals surface area contributed by atoms with Gasteiger partial charge in [0.05, 0.1) is 6.10 Å². The molecule has 4 atom stereocenters. The van der Waals surface area contributed by atoms with Crippen molar-refractivity contribution in [3.8, 4) is 0 Å². The van der Waals surface area contributed by atoms with E-state index in [1.807, 2.05) is 0 Å². The van der Waals surface area contributed by atoms with E-state index in [1.54, 1.807) is 0 Å². The predicted octanol–water partition coefficient (Wildman–Crippen LogP) is 5.02. The summed E-state index contributed by atoms with van der Waals surface area (Å²) in [5.74, 6) is 2.40. The lowest BCUT2D eigenvalue weighted by Crippen LogP contribution is -2.34. The summed E-state index contributed by atoms with van der Waals surface area (Å²) in [5.41, 5.74) is 0. The van der Waals surface area contributed by atoms with Gasteiger partial charge < -0.3 is 10.1 Å². The fraction of sp³-hybridized carbons (Fsp3) is 1.00. The largest absolute Gasteiger partial charge is 0.378 e. The van der Waals surface area contributed by atoms with Gasteiger partial charge in [-0.3, -0.25) is 0 Å².